The highest BCUT2D eigenvalue weighted by atomic mass is 32.1. The van der Waals surface area contributed by atoms with Crippen molar-refractivity contribution in [3.63, 3.8) is 0 Å². The molecule has 0 aliphatic rings. The fourth-order valence-corrected chi connectivity index (χ4v) is 11.3. The van der Waals surface area contributed by atoms with E-state index < -0.39 is 0 Å². The van der Waals surface area contributed by atoms with Crippen LogP contribution in [0.4, 0.5) is 0 Å². The number of benzene rings is 9. The zero-order valence-corrected chi connectivity index (χ0v) is 35.1. The van der Waals surface area contributed by atoms with Gasteiger partial charge in [0.15, 0.2) is 5.82 Å². The number of nitrogens with zero attached hydrogens (tertiary/aromatic N) is 2. The molecule has 0 aliphatic heterocycles. The topological polar surface area (TPSA) is 25.8 Å². The lowest BCUT2D eigenvalue weighted by molar-refractivity contribution is 1.18. The molecule has 0 aliphatic carbocycles. The Morgan fingerprint density at radius 1 is 0.258 bits per heavy atom. The number of thiophene rings is 2. The average Bonchev–Trinajstić information content (AvgIpc) is 3.93. The minimum Gasteiger partial charge on any atom is -0.228 e. The van der Waals surface area contributed by atoms with Crippen molar-refractivity contribution in [1.82, 2.24) is 9.97 Å². The van der Waals surface area contributed by atoms with E-state index in [1.165, 1.54) is 51.5 Å². The van der Waals surface area contributed by atoms with Crippen molar-refractivity contribution < 1.29 is 0 Å². The van der Waals surface area contributed by atoms with Gasteiger partial charge in [-0.05, 0) is 99.1 Å². The van der Waals surface area contributed by atoms with Gasteiger partial charge in [-0.3, -0.25) is 0 Å². The maximum absolute atomic E-state index is 5.53. The molecule has 9 aromatic carbocycles. The molecule has 2 nitrogen and oxygen atoms in total. The minimum atomic E-state index is 0.683. The Morgan fingerprint density at radius 3 is 1.18 bits per heavy atom. The molecule has 0 fully saturated rings. The Morgan fingerprint density at radius 2 is 0.645 bits per heavy atom. The van der Waals surface area contributed by atoms with Crippen LogP contribution >= 0.6 is 22.7 Å². The van der Waals surface area contributed by atoms with Gasteiger partial charge in [0.2, 0.25) is 0 Å². The first-order valence-corrected chi connectivity index (χ1v) is 22.5. The summed E-state index contributed by atoms with van der Waals surface area (Å²) in [6.07, 6.45) is 0. The van der Waals surface area contributed by atoms with Gasteiger partial charge in [-0.15, -0.1) is 22.7 Å². The third kappa shape index (κ3) is 6.49. The zero-order valence-electron chi connectivity index (χ0n) is 33.5. The molecule has 3 heterocycles. The SMILES string of the molecule is c1ccc(-c2cc(-c3cc(-c4ccccc4)nc(-c4cc(-c5ccccc5)cc(-c5cccc6c5sc5ccccc56)c4)n3)cc(-c3cccc4c3sc3ccccc34)c2)cc1. The van der Waals surface area contributed by atoms with Crippen molar-refractivity contribution in [3.8, 4) is 78.4 Å². The number of hydrogen-bond acceptors (Lipinski definition) is 4. The van der Waals surface area contributed by atoms with Crippen LogP contribution in [-0.4, -0.2) is 9.97 Å². The van der Waals surface area contributed by atoms with E-state index in [1.807, 2.05) is 22.7 Å². The Bertz CT molecular complexity index is 3410. The van der Waals surface area contributed by atoms with Gasteiger partial charge in [-0.2, -0.15) is 0 Å². The first-order valence-electron chi connectivity index (χ1n) is 20.9. The zero-order chi connectivity index (χ0) is 41.0. The summed E-state index contributed by atoms with van der Waals surface area (Å²) in [5.41, 5.74) is 14.1. The normalized spacial score (nSPS) is 11.5. The molecule has 12 rings (SSSR count). The van der Waals surface area contributed by atoms with E-state index in [0.717, 1.165) is 61.5 Å². The monoisotopic (exact) mass is 824 g/mol. The van der Waals surface area contributed by atoms with Gasteiger partial charge in [-0.1, -0.05) is 164 Å². The molecule has 0 saturated carbocycles. The third-order valence-electron chi connectivity index (χ3n) is 11.9. The lowest BCUT2D eigenvalue weighted by Crippen LogP contribution is -1.97. The Kier molecular flexibility index (Phi) is 8.91. The quantitative estimate of drug-likeness (QED) is 0.160. The van der Waals surface area contributed by atoms with Crippen molar-refractivity contribution in [1.29, 1.82) is 0 Å². The molecular weight excluding hydrogens is 789 g/mol. The molecule has 0 amide bonds. The summed E-state index contributed by atoms with van der Waals surface area (Å²) < 4.78 is 5.15. The van der Waals surface area contributed by atoms with Crippen LogP contribution in [-0.2, 0) is 0 Å². The van der Waals surface area contributed by atoms with Gasteiger partial charge in [-0.25, -0.2) is 9.97 Å². The van der Waals surface area contributed by atoms with Crippen LogP contribution in [0, 0.1) is 0 Å². The second-order valence-corrected chi connectivity index (χ2v) is 17.8. The highest BCUT2D eigenvalue weighted by Gasteiger charge is 2.18. The second kappa shape index (κ2) is 15.2. The number of rotatable bonds is 7. The van der Waals surface area contributed by atoms with Gasteiger partial charge in [0, 0.05) is 57.0 Å². The van der Waals surface area contributed by atoms with Crippen molar-refractivity contribution in [3.05, 3.63) is 218 Å². The van der Waals surface area contributed by atoms with Crippen LogP contribution in [0.2, 0.25) is 0 Å². The lowest BCUT2D eigenvalue weighted by atomic mass is 9.93. The summed E-state index contributed by atoms with van der Waals surface area (Å²) in [6, 6.07) is 78.6. The molecule has 0 radical (unpaired) electrons. The van der Waals surface area contributed by atoms with E-state index in [-0.39, 0.29) is 0 Å². The van der Waals surface area contributed by atoms with Crippen molar-refractivity contribution in [2.75, 3.05) is 0 Å². The smallest absolute Gasteiger partial charge is 0.160 e. The van der Waals surface area contributed by atoms with Crippen molar-refractivity contribution in [2.45, 2.75) is 0 Å². The van der Waals surface area contributed by atoms with Gasteiger partial charge < -0.3 is 0 Å². The fraction of sp³-hybridized carbons (Fsp3) is 0. The third-order valence-corrected chi connectivity index (χ3v) is 14.3. The van der Waals surface area contributed by atoms with Crippen LogP contribution in [0.1, 0.15) is 0 Å². The molecule has 12 aromatic rings. The Labute approximate surface area is 367 Å². The Hall–Kier alpha value is -7.50. The van der Waals surface area contributed by atoms with Crippen LogP contribution in [0.5, 0.6) is 0 Å². The lowest BCUT2D eigenvalue weighted by Gasteiger charge is -2.15. The predicted octanol–water partition coefficient (Wildman–Crippen LogP) is 16.9. The molecule has 0 unspecified atom stereocenters. The van der Waals surface area contributed by atoms with E-state index >= 15 is 0 Å². The molecule has 0 N–H and O–H groups in total. The predicted molar refractivity (Wildman–Crippen MR) is 266 cm³/mol. The number of fused-ring (bicyclic) bond motifs is 6. The largest absolute Gasteiger partial charge is 0.228 e. The molecule has 290 valence electrons. The molecule has 62 heavy (non-hydrogen) atoms. The fourth-order valence-electron chi connectivity index (χ4n) is 8.87. The van der Waals surface area contributed by atoms with Crippen LogP contribution < -0.4 is 0 Å². The van der Waals surface area contributed by atoms with E-state index in [0.29, 0.717) is 5.82 Å². The van der Waals surface area contributed by atoms with Crippen molar-refractivity contribution >= 4 is 63.0 Å². The number of hydrogen-bond donors (Lipinski definition) is 0. The summed E-state index contributed by atoms with van der Waals surface area (Å²) in [7, 11) is 0. The molecule has 0 bridgehead atoms. The van der Waals surface area contributed by atoms with E-state index in [2.05, 4.69) is 218 Å². The van der Waals surface area contributed by atoms with E-state index in [4.69, 9.17) is 9.97 Å². The molecule has 0 spiro atoms. The standard InChI is InChI=1S/C58H36N2S2/c1-4-16-37(17-5-1)40-30-42(46-24-14-26-50-48-22-10-12-28-54(48)61-56(46)50)34-44(32-40)53-36-52(39-20-8-3-9-21-39)59-58(60-53)45-33-41(38-18-6-2-7-19-38)31-43(35-45)47-25-15-27-51-49-23-11-13-29-55(49)62-57(47)51/h1-36H. The summed E-state index contributed by atoms with van der Waals surface area (Å²) in [6.45, 7) is 0. The second-order valence-electron chi connectivity index (χ2n) is 15.7. The molecule has 0 atom stereocenters. The van der Waals surface area contributed by atoms with Crippen LogP contribution in [0.15, 0.2) is 218 Å². The summed E-state index contributed by atoms with van der Waals surface area (Å²) in [4.78, 5) is 10.9. The van der Waals surface area contributed by atoms with Crippen LogP contribution in [0.3, 0.4) is 0 Å². The van der Waals surface area contributed by atoms with E-state index in [9.17, 15) is 0 Å². The van der Waals surface area contributed by atoms with Gasteiger partial charge in [0.05, 0.1) is 11.4 Å². The van der Waals surface area contributed by atoms with Crippen molar-refractivity contribution in [2.24, 2.45) is 0 Å². The summed E-state index contributed by atoms with van der Waals surface area (Å²) in [5, 5.41) is 5.14. The number of aromatic nitrogens is 2. The first kappa shape index (κ1) is 36.4. The summed E-state index contributed by atoms with van der Waals surface area (Å²) >= 11 is 3.72. The van der Waals surface area contributed by atoms with Gasteiger partial charge in [0.25, 0.3) is 0 Å². The highest BCUT2D eigenvalue weighted by molar-refractivity contribution is 7.26. The molecule has 3 aromatic heterocycles. The van der Waals surface area contributed by atoms with Gasteiger partial charge >= 0.3 is 0 Å². The minimum absolute atomic E-state index is 0.683. The Balaban J connectivity index is 1.10. The van der Waals surface area contributed by atoms with E-state index in [1.54, 1.807) is 0 Å². The summed E-state index contributed by atoms with van der Waals surface area (Å²) in [5.74, 6) is 0.683. The maximum atomic E-state index is 5.53. The van der Waals surface area contributed by atoms with Crippen LogP contribution in [0.25, 0.3) is 119 Å². The molecule has 4 heteroatoms. The van der Waals surface area contributed by atoms with Gasteiger partial charge in [0.1, 0.15) is 0 Å². The maximum Gasteiger partial charge on any atom is 0.160 e. The molecular formula is C58H36N2S2. The first-order chi connectivity index (χ1) is 30.7. The molecule has 0 saturated heterocycles. The average molecular weight is 825 g/mol. The highest BCUT2D eigenvalue weighted by Crippen LogP contribution is 2.44.